The number of sulfonamides is 1. The summed E-state index contributed by atoms with van der Waals surface area (Å²) in [6.07, 6.45) is 1.48. The van der Waals surface area contributed by atoms with Gasteiger partial charge in [0.25, 0.3) is 15.9 Å². The van der Waals surface area contributed by atoms with E-state index in [9.17, 15) is 13.2 Å². The zero-order valence-electron chi connectivity index (χ0n) is 17.6. The first-order valence-corrected chi connectivity index (χ1v) is 11.4. The number of halogens is 1. The van der Waals surface area contributed by atoms with Crippen LogP contribution in [-0.4, -0.2) is 33.0 Å². The lowest BCUT2D eigenvalue weighted by Gasteiger charge is -2.23. The molecule has 0 spiro atoms. The molecule has 1 N–H and O–H groups in total. The van der Waals surface area contributed by atoms with Crippen molar-refractivity contribution in [2.24, 2.45) is 0 Å². The van der Waals surface area contributed by atoms with E-state index >= 15 is 0 Å². The number of carbonyl (C=O) groups is 1. The quantitative estimate of drug-likeness (QED) is 0.481. The molecule has 0 aliphatic rings. The van der Waals surface area contributed by atoms with Crippen molar-refractivity contribution >= 4 is 39.0 Å². The van der Waals surface area contributed by atoms with Crippen molar-refractivity contribution in [3.05, 3.63) is 89.6 Å². The van der Waals surface area contributed by atoms with Crippen LogP contribution in [-0.2, 0) is 10.0 Å². The van der Waals surface area contributed by atoms with Gasteiger partial charge in [-0.25, -0.2) is 13.4 Å². The van der Waals surface area contributed by atoms with Gasteiger partial charge in [0.15, 0.2) is 0 Å². The molecule has 3 aromatic rings. The molecule has 1 heterocycles. The molecule has 0 saturated heterocycles. The number of aromatic nitrogens is 1. The Kier molecular flexibility index (Phi) is 7.17. The summed E-state index contributed by atoms with van der Waals surface area (Å²) < 4.78 is 33.2. The highest BCUT2D eigenvalue weighted by atomic mass is 35.5. The molecular weight excluding hydrogens is 450 g/mol. The van der Waals surface area contributed by atoms with E-state index in [-0.39, 0.29) is 22.0 Å². The highest BCUT2D eigenvalue weighted by Gasteiger charge is 2.26. The van der Waals surface area contributed by atoms with Crippen LogP contribution in [0.15, 0.2) is 78.2 Å². The number of anilines is 2. The summed E-state index contributed by atoms with van der Waals surface area (Å²) in [7, 11) is -2.49. The fourth-order valence-corrected chi connectivity index (χ4v) is 4.64. The van der Waals surface area contributed by atoms with Gasteiger partial charge in [-0.1, -0.05) is 23.7 Å². The van der Waals surface area contributed by atoms with Gasteiger partial charge < -0.3 is 10.1 Å². The van der Waals surface area contributed by atoms with Crippen LogP contribution in [0.25, 0.3) is 0 Å². The maximum absolute atomic E-state index is 13.4. The molecule has 32 heavy (non-hydrogen) atoms. The third kappa shape index (κ3) is 5.09. The maximum Gasteiger partial charge on any atom is 0.264 e. The van der Waals surface area contributed by atoms with E-state index in [1.54, 1.807) is 49.4 Å². The minimum Gasteiger partial charge on any atom is -0.497 e. The van der Waals surface area contributed by atoms with Crippen LogP contribution in [0.3, 0.4) is 0 Å². The zero-order valence-corrected chi connectivity index (χ0v) is 19.2. The number of ether oxygens (including phenoxy) is 1. The van der Waals surface area contributed by atoms with E-state index in [0.717, 1.165) is 5.69 Å². The number of carbonyl (C=O) groups excluding carboxylic acids is 1. The lowest BCUT2D eigenvalue weighted by molar-refractivity contribution is 0.102. The molecule has 0 aliphatic carbocycles. The highest BCUT2D eigenvalue weighted by Crippen LogP contribution is 2.28. The van der Waals surface area contributed by atoms with Gasteiger partial charge in [0.05, 0.1) is 34.8 Å². The second-order valence-corrected chi connectivity index (χ2v) is 9.05. The second kappa shape index (κ2) is 9.84. The summed E-state index contributed by atoms with van der Waals surface area (Å²) in [5.74, 6) is 0.371. The molecule has 2 aromatic carbocycles. The molecule has 3 rings (SSSR count). The van der Waals surface area contributed by atoms with E-state index in [4.69, 9.17) is 16.3 Å². The van der Waals surface area contributed by atoms with Gasteiger partial charge in [0.1, 0.15) is 11.6 Å². The van der Waals surface area contributed by atoms with Crippen LogP contribution in [0.4, 0.5) is 11.5 Å². The van der Waals surface area contributed by atoms with Crippen LogP contribution in [0.2, 0.25) is 5.02 Å². The Bertz CT molecular complexity index is 1240. The lowest BCUT2D eigenvalue weighted by Crippen LogP contribution is -2.31. The number of amides is 1. The molecule has 0 radical (unpaired) electrons. The Morgan fingerprint density at radius 3 is 2.53 bits per heavy atom. The van der Waals surface area contributed by atoms with E-state index in [1.807, 2.05) is 0 Å². The zero-order chi connectivity index (χ0) is 23.3. The topological polar surface area (TPSA) is 88.6 Å². The number of rotatable bonds is 8. The summed E-state index contributed by atoms with van der Waals surface area (Å²) in [5.41, 5.74) is 1.17. The van der Waals surface area contributed by atoms with Gasteiger partial charge >= 0.3 is 0 Å². The molecule has 0 atom stereocenters. The van der Waals surface area contributed by atoms with Crippen molar-refractivity contribution in [3.63, 3.8) is 0 Å². The SMILES string of the molecule is C=CCN(c1ccc(OC)cc1)S(=O)(=O)c1ccc(Cl)c(C(=O)Nc2cccc(C)n2)c1. The van der Waals surface area contributed by atoms with Crippen molar-refractivity contribution in [2.75, 3.05) is 23.3 Å². The smallest absolute Gasteiger partial charge is 0.264 e. The molecule has 1 aromatic heterocycles. The summed E-state index contributed by atoms with van der Waals surface area (Å²) in [4.78, 5) is 16.9. The molecular formula is C23H22ClN3O4S. The van der Waals surface area contributed by atoms with Gasteiger partial charge in [-0.05, 0) is 61.5 Å². The number of hydrogen-bond acceptors (Lipinski definition) is 5. The van der Waals surface area contributed by atoms with Gasteiger partial charge in [-0.15, -0.1) is 6.58 Å². The van der Waals surface area contributed by atoms with Gasteiger partial charge in [-0.3, -0.25) is 9.10 Å². The van der Waals surface area contributed by atoms with Crippen LogP contribution in [0.5, 0.6) is 5.75 Å². The largest absolute Gasteiger partial charge is 0.497 e. The Balaban J connectivity index is 1.97. The number of methoxy groups -OCH3 is 1. The molecule has 9 heteroatoms. The predicted octanol–water partition coefficient (Wildman–Crippen LogP) is 4.69. The van der Waals surface area contributed by atoms with Crippen LogP contribution < -0.4 is 14.4 Å². The van der Waals surface area contributed by atoms with E-state index in [0.29, 0.717) is 17.3 Å². The Morgan fingerprint density at radius 2 is 1.91 bits per heavy atom. The first-order chi connectivity index (χ1) is 15.3. The standard InChI is InChI=1S/C23H22ClN3O4S/c1-4-14-27(17-8-10-18(31-3)11-9-17)32(29,30)19-12-13-21(24)20(15-19)23(28)26-22-7-5-6-16(2)25-22/h4-13,15H,1,14H2,2-3H3,(H,25,26,28). The highest BCUT2D eigenvalue weighted by molar-refractivity contribution is 7.92. The molecule has 166 valence electrons. The Hall–Kier alpha value is -3.36. The molecule has 0 saturated carbocycles. The van der Waals surface area contributed by atoms with Crippen LogP contribution in [0.1, 0.15) is 16.1 Å². The van der Waals surface area contributed by atoms with Crippen molar-refractivity contribution in [3.8, 4) is 5.75 Å². The second-order valence-electron chi connectivity index (χ2n) is 6.78. The molecule has 0 unspecified atom stereocenters. The average molecular weight is 472 g/mol. The summed E-state index contributed by atoms with van der Waals surface area (Å²) >= 11 is 6.21. The van der Waals surface area contributed by atoms with Gasteiger partial charge in [0.2, 0.25) is 0 Å². The summed E-state index contributed by atoms with van der Waals surface area (Å²) in [6.45, 7) is 5.49. The van der Waals surface area contributed by atoms with Gasteiger partial charge in [0, 0.05) is 5.69 Å². The molecule has 0 aliphatic heterocycles. The maximum atomic E-state index is 13.4. The molecule has 1 amide bonds. The fourth-order valence-electron chi connectivity index (χ4n) is 2.97. The minimum absolute atomic E-state index is 0.0179. The monoisotopic (exact) mass is 471 g/mol. The number of benzene rings is 2. The van der Waals surface area contributed by atoms with Crippen molar-refractivity contribution in [1.29, 1.82) is 0 Å². The minimum atomic E-state index is -4.02. The van der Waals surface area contributed by atoms with Gasteiger partial charge in [-0.2, -0.15) is 0 Å². The molecule has 0 bridgehead atoms. The summed E-state index contributed by atoms with van der Waals surface area (Å²) in [6, 6.07) is 15.8. The molecule has 7 nitrogen and oxygen atoms in total. The van der Waals surface area contributed by atoms with Crippen molar-refractivity contribution in [1.82, 2.24) is 4.98 Å². The van der Waals surface area contributed by atoms with Crippen molar-refractivity contribution in [2.45, 2.75) is 11.8 Å². The summed E-state index contributed by atoms with van der Waals surface area (Å²) in [5, 5.41) is 2.76. The predicted molar refractivity (Wildman–Crippen MR) is 126 cm³/mol. The number of nitrogens with one attached hydrogen (secondary N) is 1. The van der Waals surface area contributed by atoms with Crippen LogP contribution in [0, 0.1) is 6.92 Å². The fraction of sp³-hybridized carbons (Fsp3) is 0.130. The first kappa shape index (κ1) is 23.3. The van der Waals surface area contributed by atoms with Crippen molar-refractivity contribution < 1.29 is 17.9 Å². The lowest BCUT2D eigenvalue weighted by atomic mass is 10.2. The van der Waals surface area contributed by atoms with E-state index < -0.39 is 15.9 Å². The Morgan fingerprint density at radius 1 is 1.19 bits per heavy atom. The average Bonchev–Trinajstić information content (AvgIpc) is 2.77. The first-order valence-electron chi connectivity index (χ1n) is 9.58. The van der Waals surface area contributed by atoms with E-state index in [2.05, 4.69) is 16.9 Å². The third-order valence-corrected chi connectivity index (χ3v) is 6.68. The third-order valence-electron chi connectivity index (χ3n) is 4.56. The number of aryl methyl sites for hydroxylation is 1. The number of pyridine rings is 1. The number of hydrogen-bond donors (Lipinski definition) is 1. The molecule has 0 fully saturated rings. The normalized spacial score (nSPS) is 11.0. The van der Waals surface area contributed by atoms with Crippen LogP contribution >= 0.6 is 11.6 Å². The van der Waals surface area contributed by atoms with E-state index in [1.165, 1.54) is 35.7 Å². The number of nitrogens with zero attached hydrogens (tertiary/aromatic N) is 2. The Labute approximate surface area is 192 Å².